The lowest BCUT2D eigenvalue weighted by Gasteiger charge is -2.50. The standard InChI is InChI=1S/C28H34N4O8/c1-4-32(2)20-13-8-11-7-12-15(22(34)19-16(24(12)40-3)18-10(9-31-19)5-6-30-18)21(33)14(11)25(36)28(13,39)26(37)17(23(20)35)27(29)38/h10-11,13,18,20,30-31,34-36,39H,4-9H2,1-3H3,(H2,29,38)/t10?,11-,13-,18?,20-,28-/m0/s1. The fraction of sp³-hybridized carbons (Fsp3) is 0.536. The van der Waals surface area contributed by atoms with Crippen molar-refractivity contribution in [1.29, 1.82) is 0 Å². The number of benzene rings is 1. The van der Waals surface area contributed by atoms with E-state index in [1.165, 1.54) is 7.11 Å². The number of amides is 1. The van der Waals surface area contributed by atoms with Crippen molar-refractivity contribution in [3.05, 3.63) is 39.4 Å². The van der Waals surface area contributed by atoms with E-state index >= 15 is 0 Å². The number of Topliss-reactive ketones (excluding diaryl/α,β-unsaturated/α-hetero) is 2. The van der Waals surface area contributed by atoms with Gasteiger partial charge in [-0.15, -0.1) is 0 Å². The number of likely N-dealkylation sites (N-methyl/N-ethyl adjacent to an activating group) is 1. The molecule has 0 saturated carbocycles. The van der Waals surface area contributed by atoms with E-state index in [9.17, 15) is 34.8 Å². The fourth-order valence-corrected chi connectivity index (χ4v) is 7.74. The molecule has 1 saturated heterocycles. The number of phenolic OH excluding ortho intramolecular Hbond substituents is 1. The van der Waals surface area contributed by atoms with Crippen molar-refractivity contribution < 1.29 is 39.5 Å². The van der Waals surface area contributed by atoms with E-state index in [4.69, 9.17) is 10.5 Å². The number of phenols is 1. The molecule has 0 radical (unpaired) electrons. The number of aliphatic hydroxyl groups excluding tert-OH is 2. The lowest BCUT2D eigenvalue weighted by molar-refractivity contribution is -0.148. The van der Waals surface area contributed by atoms with E-state index in [-0.39, 0.29) is 41.7 Å². The van der Waals surface area contributed by atoms with Gasteiger partial charge in [0.1, 0.15) is 22.8 Å². The molecule has 0 spiro atoms. The Balaban J connectivity index is 1.56. The number of nitrogens with zero attached hydrogens (tertiary/aromatic N) is 1. The molecule has 1 fully saturated rings. The van der Waals surface area contributed by atoms with Gasteiger partial charge in [0.05, 0.1) is 24.4 Å². The van der Waals surface area contributed by atoms with E-state index in [1.54, 1.807) is 18.9 Å². The Morgan fingerprint density at radius 2 is 1.98 bits per heavy atom. The lowest BCUT2D eigenvalue weighted by atomic mass is 9.58. The molecule has 2 aliphatic heterocycles. The van der Waals surface area contributed by atoms with Gasteiger partial charge in [0.15, 0.2) is 17.1 Å². The number of aromatic hydroxyl groups is 1. The summed E-state index contributed by atoms with van der Waals surface area (Å²) in [5.74, 6) is -5.93. The first-order chi connectivity index (χ1) is 19.0. The van der Waals surface area contributed by atoms with Gasteiger partial charge < -0.3 is 41.5 Å². The van der Waals surface area contributed by atoms with Crippen molar-refractivity contribution in [3.63, 3.8) is 0 Å². The first kappa shape index (κ1) is 26.6. The Kier molecular flexibility index (Phi) is 5.95. The lowest BCUT2D eigenvalue weighted by Crippen LogP contribution is -2.64. The number of aliphatic hydroxyl groups is 3. The Labute approximate surface area is 230 Å². The van der Waals surface area contributed by atoms with Crippen molar-refractivity contribution in [2.45, 2.75) is 43.9 Å². The number of hydrogen-bond donors (Lipinski definition) is 7. The molecule has 6 rings (SSSR count). The SMILES string of the molecule is CCN(C)[C@@H]1C(O)=C(C(N)=O)C(=O)[C@@]2(O)C(O)=C3C(=O)c4c(O)c5c(c(OC)c4C[C@H]3C[C@@H]12)C1NCCC1CN5. The van der Waals surface area contributed by atoms with Crippen LogP contribution in [-0.2, 0) is 16.0 Å². The largest absolute Gasteiger partial charge is 0.510 e. The zero-order valence-electron chi connectivity index (χ0n) is 22.6. The summed E-state index contributed by atoms with van der Waals surface area (Å²) in [6.07, 6.45) is 1.16. The summed E-state index contributed by atoms with van der Waals surface area (Å²) in [6.45, 7) is 3.58. The van der Waals surface area contributed by atoms with Crippen LogP contribution in [0.4, 0.5) is 5.69 Å². The molecule has 2 unspecified atom stereocenters. The fourth-order valence-electron chi connectivity index (χ4n) is 7.74. The minimum atomic E-state index is -2.67. The van der Waals surface area contributed by atoms with Gasteiger partial charge in [-0.05, 0) is 51.2 Å². The second-order valence-corrected chi connectivity index (χ2v) is 11.5. The maximum absolute atomic E-state index is 14.1. The number of carbonyl (C=O) groups is 3. The predicted octanol–water partition coefficient (Wildman–Crippen LogP) is 0.595. The van der Waals surface area contributed by atoms with E-state index in [2.05, 4.69) is 10.6 Å². The molecule has 1 amide bonds. The summed E-state index contributed by atoms with van der Waals surface area (Å²) in [4.78, 5) is 41.5. The van der Waals surface area contributed by atoms with Gasteiger partial charge in [0.25, 0.3) is 5.91 Å². The number of hydrogen-bond acceptors (Lipinski definition) is 11. The average molecular weight is 555 g/mol. The molecule has 0 bridgehead atoms. The molecular weight excluding hydrogens is 520 g/mol. The van der Waals surface area contributed by atoms with Crippen LogP contribution in [0.5, 0.6) is 11.5 Å². The van der Waals surface area contributed by atoms with Crippen LogP contribution in [0.25, 0.3) is 0 Å². The Morgan fingerprint density at radius 3 is 2.62 bits per heavy atom. The summed E-state index contributed by atoms with van der Waals surface area (Å²) in [6, 6.07) is -1.09. The number of methoxy groups -OCH3 is 1. The summed E-state index contributed by atoms with van der Waals surface area (Å²) in [5, 5.41) is 52.5. The van der Waals surface area contributed by atoms with E-state index < -0.39 is 58.0 Å². The molecule has 6 atom stereocenters. The van der Waals surface area contributed by atoms with Gasteiger partial charge in [-0.1, -0.05) is 6.92 Å². The third-order valence-electron chi connectivity index (χ3n) is 9.70. The van der Waals surface area contributed by atoms with Crippen LogP contribution < -0.4 is 21.1 Å². The molecule has 1 aromatic rings. The predicted molar refractivity (Wildman–Crippen MR) is 142 cm³/mol. The third-order valence-corrected chi connectivity index (χ3v) is 9.70. The molecule has 3 aliphatic carbocycles. The van der Waals surface area contributed by atoms with Gasteiger partial charge in [-0.2, -0.15) is 0 Å². The maximum Gasteiger partial charge on any atom is 0.255 e. The zero-order chi connectivity index (χ0) is 28.8. The van der Waals surface area contributed by atoms with Crippen molar-refractivity contribution in [2.75, 3.05) is 39.1 Å². The van der Waals surface area contributed by atoms with Crippen LogP contribution >= 0.6 is 0 Å². The van der Waals surface area contributed by atoms with E-state index in [0.29, 0.717) is 30.1 Å². The highest BCUT2D eigenvalue weighted by atomic mass is 16.5. The molecule has 40 heavy (non-hydrogen) atoms. The van der Waals surface area contributed by atoms with Crippen LogP contribution in [0.1, 0.15) is 47.3 Å². The molecule has 1 aromatic carbocycles. The summed E-state index contributed by atoms with van der Waals surface area (Å²) >= 11 is 0. The van der Waals surface area contributed by atoms with Gasteiger partial charge >= 0.3 is 0 Å². The summed E-state index contributed by atoms with van der Waals surface area (Å²) < 4.78 is 5.87. The van der Waals surface area contributed by atoms with Crippen LogP contribution in [0.3, 0.4) is 0 Å². The Bertz CT molecular complexity index is 1430. The maximum atomic E-state index is 14.1. The first-order valence-corrected chi connectivity index (χ1v) is 13.6. The number of nitrogens with one attached hydrogen (secondary N) is 2. The number of anilines is 1. The van der Waals surface area contributed by atoms with E-state index in [1.807, 2.05) is 0 Å². The van der Waals surface area contributed by atoms with Crippen molar-refractivity contribution in [3.8, 4) is 11.5 Å². The first-order valence-electron chi connectivity index (χ1n) is 13.6. The topological polar surface area (TPSA) is 195 Å². The number of allylic oxidation sites excluding steroid dienone is 1. The minimum Gasteiger partial charge on any atom is -0.510 e. The number of ether oxygens (including phenoxy) is 1. The summed E-state index contributed by atoms with van der Waals surface area (Å²) in [7, 11) is 3.16. The van der Waals surface area contributed by atoms with Crippen LogP contribution in [0.2, 0.25) is 0 Å². The minimum absolute atomic E-state index is 0.0292. The highest BCUT2D eigenvalue weighted by Crippen LogP contribution is 2.57. The Morgan fingerprint density at radius 1 is 1.25 bits per heavy atom. The Hall–Kier alpha value is -3.61. The molecule has 0 aromatic heterocycles. The molecule has 5 aliphatic rings. The van der Waals surface area contributed by atoms with Crippen molar-refractivity contribution in [1.82, 2.24) is 10.2 Å². The van der Waals surface area contributed by atoms with Gasteiger partial charge in [0.2, 0.25) is 5.78 Å². The molecule has 2 heterocycles. The van der Waals surface area contributed by atoms with Gasteiger partial charge in [-0.25, -0.2) is 0 Å². The smallest absolute Gasteiger partial charge is 0.255 e. The number of carbonyl (C=O) groups excluding carboxylic acids is 3. The third kappa shape index (κ3) is 3.20. The second-order valence-electron chi connectivity index (χ2n) is 11.5. The molecule has 12 nitrogen and oxygen atoms in total. The number of rotatable bonds is 4. The van der Waals surface area contributed by atoms with Crippen molar-refractivity contribution >= 4 is 23.2 Å². The highest BCUT2D eigenvalue weighted by molar-refractivity contribution is 6.25. The van der Waals surface area contributed by atoms with Crippen molar-refractivity contribution in [2.24, 2.45) is 23.5 Å². The highest BCUT2D eigenvalue weighted by Gasteiger charge is 2.63. The van der Waals surface area contributed by atoms with Gasteiger partial charge in [0, 0.05) is 35.2 Å². The number of nitrogens with two attached hydrogens (primary N) is 1. The molecule has 214 valence electrons. The van der Waals surface area contributed by atoms with Gasteiger partial charge in [-0.3, -0.25) is 19.3 Å². The quantitative estimate of drug-likeness (QED) is 0.203. The normalized spacial score (nSPS) is 32.7. The van der Waals surface area contributed by atoms with Crippen LogP contribution in [0.15, 0.2) is 22.7 Å². The number of ketones is 2. The molecule has 12 heteroatoms. The monoisotopic (exact) mass is 554 g/mol. The zero-order valence-corrected chi connectivity index (χ0v) is 22.6. The summed E-state index contributed by atoms with van der Waals surface area (Å²) in [5.41, 5.74) is 3.32. The number of fused-ring (bicyclic) bond motifs is 6. The average Bonchev–Trinajstić information content (AvgIpc) is 3.40. The number of primary amides is 1. The van der Waals surface area contributed by atoms with Crippen LogP contribution in [0, 0.1) is 17.8 Å². The molecule has 8 N–H and O–H groups in total. The second kappa shape index (κ2) is 8.95. The van der Waals surface area contributed by atoms with Crippen LogP contribution in [-0.4, -0.2) is 88.2 Å². The van der Waals surface area contributed by atoms with E-state index in [0.717, 1.165) is 18.5 Å². The molecular formula is C28H34N4O8.